The van der Waals surface area contributed by atoms with Gasteiger partial charge < -0.3 is 14.8 Å². The van der Waals surface area contributed by atoms with Crippen molar-refractivity contribution in [3.8, 4) is 16.9 Å². The maximum Gasteiger partial charge on any atom is 0.339 e. The van der Waals surface area contributed by atoms with E-state index >= 15 is 0 Å². The second kappa shape index (κ2) is 14.7. The molecule has 0 aliphatic carbocycles. The quantitative estimate of drug-likeness (QED) is 0.174. The number of carbonyl (C=O) groups is 1. The van der Waals surface area contributed by atoms with Crippen LogP contribution in [0.4, 0.5) is 0 Å². The largest absolute Gasteiger partial charge is 0.494 e. The first-order valence-electron chi connectivity index (χ1n) is 14.5. The van der Waals surface area contributed by atoms with Crippen LogP contribution in [0.15, 0.2) is 78.9 Å². The Morgan fingerprint density at radius 1 is 0.737 bits per heavy atom. The average Bonchev–Trinajstić information content (AvgIpc) is 2.98. The Bertz CT molecular complexity index is 1090. The Kier molecular flexibility index (Phi) is 10.8. The summed E-state index contributed by atoms with van der Waals surface area (Å²) < 4.78 is 12.1. The molecule has 0 atom stereocenters. The third-order valence-corrected chi connectivity index (χ3v) is 7.57. The zero-order chi connectivity index (χ0) is 26.5. The van der Waals surface area contributed by atoms with Gasteiger partial charge in [-0.1, -0.05) is 106 Å². The van der Waals surface area contributed by atoms with Gasteiger partial charge in [-0.3, -0.25) is 0 Å². The Balaban J connectivity index is 1.27. The van der Waals surface area contributed by atoms with E-state index in [1.807, 2.05) is 54.6 Å². The molecule has 0 saturated carbocycles. The molecule has 1 fully saturated rings. The van der Waals surface area contributed by atoms with Crippen molar-refractivity contribution in [1.29, 1.82) is 0 Å². The van der Waals surface area contributed by atoms with Crippen LogP contribution in [0, 0.1) is 0 Å². The van der Waals surface area contributed by atoms with Gasteiger partial charge in [-0.25, -0.2) is 4.79 Å². The monoisotopic (exact) mass is 513 g/mol. The first-order valence-corrected chi connectivity index (χ1v) is 14.5. The Morgan fingerprint density at radius 2 is 1.32 bits per heavy atom. The van der Waals surface area contributed by atoms with E-state index in [0.717, 1.165) is 61.4 Å². The number of ether oxygens (including phenoxy) is 2. The van der Waals surface area contributed by atoms with Crippen molar-refractivity contribution in [1.82, 2.24) is 5.32 Å². The van der Waals surface area contributed by atoms with Gasteiger partial charge >= 0.3 is 5.97 Å². The van der Waals surface area contributed by atoms with Gasteiger partial charge in [0, 0.05) is 12.8 Å². The van der Waals surface area contributed by atoms with Crippen molar-refractivity contribution in [2.75, 3.05) is 19.7 Å². The van der Waals surface area contributed by atoms with E-state index in [2.05, 4.69) is 36.5 Å². The van der Waals surface area contributed by atoms with Crippen LogP contribution in [-0.2, 0) is 10.3 Å². The van der Waals surface area contributed by atoms with Crippen molar-refractivity contribution in [2.45, 2.75) is 76.7 Å². The minimum Gasteiger partial charge on any atom is -0.494 e. The minimum atomic E-state index is -0.577. The molecule has 0 bridgehead atoms. The van der Waals surface area contributed by atoms with Crippen molar-refractivity contribution >= 4 is 5.97 Å². The molecule has 0 aromatic heterocycles. The zero-order valence-corrected chi connectivity index (χ0v) is 22.9. The number of esters is 1. The Hall–Kier alpha value is -3.11. The fourth-order valence-electron chi connectivity index (χ4n) is 5.23. The number of nitrogens with one attached hydrogen (secondary N) is 1. The van der Waals surface area contributed by atoms with Crippen LogP contribution >= 0.6 is 0 Å². The number of piperidine rings is 1. The van der Waals surface area contributed by atoms with Gasteiger partial charge in [0.2, 0.25) is 0 Å². The van der Waals surface area contributed by atoms with Gasteiger partial charge in [-0.15, -0.1) is 0 Å². The summed E-state index contributed by atoms with van der Waals surface area (Å²) in [5.74, 6) is 0.636. The minimum absolute atomic E-state index is 0.271. The lowest BCUT2D eigenvalue weighted by atomic mass is 9.84. The number of rotatable bonds is 14. The topological polar surface area (TPSA) is 47.6 Å². The molecule has 202 valence electrons. The highest BCUT2D eigenvalue weighted by molar-refractivity contribution is 5.90. The summed E-state index contributed by atoms with van der Waals surface area (Å²) >= 11 is 0. The van der Waals surface area contributed by atoms with E-state index in [1.54, 1.807) is 0 Å². The first kappa shape index (κ1) is 27.9. The second-order valence-corrected chi connectivity index (χ2v) is 10.4. The van der Waals surface area contributed by atoms with E-state index in [-0.39, 0.29) is 5.97 Å². The second-order valence-electron chi connectivity index (χ2n) is 10.4. The van der Waals surface area contributed by atoms with Gasteiger partial charge in [-0.2, -0.15) is 0 Å². The average molecular weight is 514 g/mol. The predicted molar refractivity (Wildman–Crippen MR) is 156 cm³/mol. The van der Waals surface area contributed by atoms with E-state index in [1.165, 1.54) is 44.9 Å². The molecule has 0 unspecified atom stereocenters. The molecule has 1 aliphatic rings. The summed E-state index contributed by atoms with van der Waals surface area (Å²) in [6.07, 6.45) is 11.9. The third-order valence-electron chi connectivity index (χ3n) is 7.57. The molecule has 4 heteroatoms. The molecule has 0 radical (unpaired) electrons. The van der Waals surface area contributed by atoms with E-state index in [4.69, 9.17) is 9.47 Å². The molecular weight excluding hydrogens is 470 g/mol. The Morgan fingerprint density at radius 3 is 1.95 bits per heavy atom. The molecule has 1 N–H and O–H groups in total. The number of carbonyl (C=O) groups excluding carboxylic acids is 1. The summed E-state index contributed by atoms with van der Waals surface area (Å²) in [6.45, 7) is 4.70. The lowest BCUT2D eigenvalue weighted by molar-refractivity contribution is -0.0378. The number of hydrogen-bond donors (Lipinski definition) is 1. The van der Waals surface area contributed by atoms with Crippen LogP contribution < -0.4 is 10.1 Å². The molecule has 3 aromatic rings. The molecule has 3 aromatic carbocycles. The van der Waals surface area contributed by atoms with Crippen LogP contribution in [0.3, 0.4) is 0 Å². The predicted octanol–water partition coefficient (Wildman–Crippen LogP) is 8.31. The zero-order valence-electron chi connectivity index (χ0n) is 22.9. The van der Waals surface area contributed by atoms with E-state index in [0.29, 0.717) is 5.56 Å². The van der Waals surface area contributed by atoms with Crippen LogP contribution in [0.2, 0.25) is 0 Å². The lowest BCUT2D eigenvalue weighted by Crippen LogP contribution is -2.43. The normalized spacial score (nSPS) is 14.7. The van der Waals surface area contributed by atoms with Gasteiger partial charge in [-0.05, 0) is 60.5 Å². The SMILES string of the molecule is CCCCCCCCCCOc1ccc(-c2ccc(C(=O)OC3(c4ccccc4)CCNCC3)cc2)cc1. The van der Waals surface area contributed by atoms with Gasteiger partial charge in [0.05, 0.1) is 12.2 Å². The van der Waals surface area contributed by atoms with Crippen LogP contribution in [0.25, 0.3) is 11.1 Å². The summed E-state index contributed by atoms with van der Waals surface area (Å²) in [6, 6.07) is 26.1. The molecule has 4 rings (SSSR count). The molecule has 0 spiro atoms. The molecule has 38 heavy (non-hydrogen) atoms. The number of benzene rings is 3. The third kappa shape index (κ3) is 7.94. The Labute approximate surface area is 228 Å². The number of hydrogen-bond acceptors (Lipinski definition) is 4. The lowest BCUT2D eigenvalue weighted by Gasteiger charge is -2.37. The molecule has 0 amide bonds. The molecule has 4 nitrogen and oxygen atoms in total. The summed E-state index contributed by atoms with van der Waals surface area (Å²) in [5, 5.41) is 3.38. The van der Waals surface area contributed by atoms with Crippen molar-refractivity contribution in [2.24, 2.45) is 0 Å². The fourth-order valence-corrected chi connectivity index (χ4v) is 5.23. The number of unbranched alkanes of at least 4 members (excludes halogenated alkanes) is 7. The van der Waals surface area contributed by atoms with E-state index in [9.17, 15) is 4.79 Å². The fraction of sp³-hybridized carbons (Fsp3) is 0.441. The van der Waals surface area contributed by atoms with Crippen LogP contribution in [0.5, 0.6) is 5.75 Å². The van der Waals surface area contributed by atoms with Crippen LogP contribution in [-0.4, -0.2) is 25.7 Å². The maximum absolute atomic E-state index is 13.1. The highest BCUT2D eigenvalue weighted by Crippen LogP contribution is 2.36. The van der Waals surface area contributed by atoms with E-state index < -0.39 is 5.60 Å². The van der Waals surface area contributed by atoms with Gasteiger partial charge in [0.1, 0.15) is 11.4 Å². The highest BCUT2D eigenvalue weighted by Gasteiger charge is 2.38. The molecule has 1 heterocycles. The first-order chi connectivity index (χ1) is 18.7. The van der Waals surface area contributed by atoms with Crippen LogP contribution in [0.1, 0.15) is 87.1 Å². The van der Waals surface area contributed by atoms with Crippen molar-refractivity contribution in [3.05, 3.63) is 90.0 Å². The van der Waals surface area contributed by atoms with Gasteiger partial charge in [0.25, 0.3) is 0 Å². The molecule has 1 saturated heterocycles. The standard InChI is InChI=1S/C34H43NO3/c1-2-3-4-5-6-7-8-12-27-37-32-21-19-29(20-22-32)28-15-17-30(18-16-28)33(36)38-34(23-25-35-26-24-34)31-13-10-9-11-14-31/h9-11,13-22,35H,2-8,12,23-27H2,1H3. The summed E-state index contributed by atoms with van der Waals surface area (Å²) in [4.78, 5) is 13.1. The summed E-state index contributed by atoms with van der Waals surface area (Å²) in [5.41, 5.74) is 3.23. The summed E-state index contributed by atoms with van der Waals surface area (Å²) in [7, 11) is 0. The highest BCUT2D eigenvalue weighted by atomic mass is 16.6. The maximum atomic E-state index is 13.1. The molecular formula is C34H43NO3. The van der Waals surface area contributed by atoms with Gasteiger partial charge in [0.15, 0.2) is 0 Å². The smallest absolute Gasteiger partial charge is 0.339 e. The molecule has 1 aliphatic heterocycles. The van der Waals surface area contributed by atoms with Crippen molar-refractivity contribution < 1.29 is 14.3 Å². The van der Waals surface area contributed by atoms with Crippen molar-refractivity contribution in [3.63, 3.8) is 0 Å².